The van der Waals surface area contributed by atoms with Gasteiger partial charge in [-0.25, -0.2) is 0 Å². The fourth-order valence-corrected chi connectivity index (χ4v) is 0.956. The van der Waals surface area contributed by atoms with Crippen LogP contribution in [0, 0.1) is 0 Å². The monoisotopic (exact) mass is 292 g/mol. The van der Waals surface area contributed by atoms with Gasteiger partial charge in [0.15, 0.2) is 23.0 Å². The van der Waals surface area contributed by atoms with E-state index in [4.69, 9.17) is 30.5 Å². The summed E-state index contributed by atoms with van der Waals surface area (Å²) in [6, 6.07) is 12.3. The van der Waals surface area contributed by atoms with Gasteiger partial charge in [0.1, 0.15) is 0 Å². The molecule has 0 atom stereocenters. The minimum absolute atomic E-state index is 0.0764. The molecule has 0 saturated heterocycles. The number of phenols is 4. The van der Waals surface area contributed by atoms with Crippen LogP contribution in [0.25, 0.3) is 0 Å². The summed E-state index contributed by atoms with van der Waals surface area (Å²) in [6.07, 6.45) is 0. The van der Waals surface area contributed by atoms with Gasteiger partial charge in [-0.2, -0.15) is 0 Å². The molecule has 2 aromatic carbocycles. The fourth-order valence-electron chi connectivity index (χ4n) is 0.956. The maximum absolute atomic E-state index is 8.67. The van der Waals surface area contributed by atoms with E-state index in [-0.39, 0.29) is 23.0 Å². The minimum Gasteiger partial charge on any atom is -0.504 e. The zero-order chi connectivity index (χ0) is 16.1. The zero-order valence-electron chi connectivity index (χ0n) is 10.9. The highest BCUT2D eigenvalue weighted by atomic mass is 16.5. The summed E-state index contributed by atoms with van der Waals surface area (Å²) in [7, 11) is 0.750. The predicted octanol–water partition coefficient (Wildman–Crippen LogP) is 0.252. The Bertz CT molecular complexity index is 423. The lowest BCUT2D eigenvalue weighted by atomic mass is 10.3. The van der Waals surface area contributed by atoms with Gasteiger partial charge in [-0.3, -0.25) is 0 Å². The van der Waals surface area contributed by atoms with Gasteiger partial charge in [-0.1, -0.05) is 24.3 Å². The summed E-state index contributed by atoms with van der Waals surface area (Å²) >= 11 is 0. The van der Waals surface area contributed by atoms with Crippen molar-refractivity contribution in [3.05, 3.63) is 48.5 Å². The van der Waals surface area contributed by atoms with E-state index in [0.717, 1.165) is 0 Å². The van der Waals surface area contributed by atoms with Crippen LogP contribution in [-0.4, -0.2) is 45.8 Å². The molecule has 0 bridgehead atoms. The minimum atomic E-state index is -0.0764. The molecule has 0 saturated carbocycles. The SMILES string of the molecule is O[B]O[B]O.Oc1ccccc1O.Oc1ccccc1O. The number of aromatic hydroxyl groups is 4. The molecule has 110 valence electrons. The van der Waals surface area contributed by atoms with Gasteiger partial charge in [0.2, 0.25) is 0 Å². The third-order valence-electron chi connectivity index (χ3n) is 1.89. The topological polar surface area (TPSA) is 131 Å². The number of phenolic OH excluding ortho intramolecular Hbond substituents is 4. The molecular weight excluding hydrogens is 278 g/mol. The van der Waals surface area contributed by atoms with Gasteiger partial charge >= 0.3 is 15.4 Å². The van der Waals surface area contributed by atoms with Crippen LogP contribution >= 0.6 is 0 Å². The van der Waals surface area contributed by atoms with Crippen molar-refractivity contribution in [1.82, 2.24) is 0 Å². The van der Waals surface area contributed by atoms with E-state index in [1.165, 1.54) is 24.3 Å². The quantitative estimate of drug-likeness (QED) is 0.345. The van der Waals surface area contributed by atoms with Crippen molar-refractivity contribution in [2.45, 2.75) is 0 Å². The predicted molar refractivity (Wildman–Crippen MR) is 76.6 cm³/mol. The summed E-state index contributed by atoms with van der Waals surface area (Å²) in [5.41, 5.74) is 0. The Balaban J connectivity index is 0.000000296. The molecule has 6 N–H and O–H groups in total. The third kappa shape index (κ3) is 9.22. The van der Waals surface area contributed by atoms with Crippen molar-refractivity contribution in [2.75, 3.05) is 0 Å². The number of rotatable bonds is 2. The van der Waals surface area contributed by atoms with E-state index in [2.05, 4.69) is 4.57 Å². The Labute approximate surface area is 122 Å². The summed E-state index contributed by atoms with van der Waals surface area (Å²) < 4.78 is 3.69. The average Bonchev–Trinajstić information content (AvgIpc) is 2.48. The van der Waals surface area contributed by atoms with E-state index in [9.17, 15) is 0 Å². The van der Waals surface area contributed by atoms with Gasteiger partial charge in [0.05, 0.1) is 0 Å². The molecule has 0 heterocycles. The van der Waals surface area contributed by atoms with Crippen molar-refractivity contribution in [3.63, 3.8) is 0 Å². The Morgan fingerprint density at radius 3 is 0.905 bits per heavy atom. The lowest BCUT2D eigenvalue weighted by Gasteiger charge is -1.91. The summed E-state index contributed by atoms with van der Waals surface area (Å²) in [5, 5.41) is 49.7. The second-order valence-electron chi connectivity index (χ2n) is 3.32. The smallest absolute Gasteiger partial charge is 0.469 e. The lowest BCUT2D eigenvalue weighted by Crippen LogP contribution is -2.00. The van der Waals surface area contributed by atoms with E-state index in [1.54, 1.807) is 24.3 Å². The van der Waals surface area contributed by atoms with Crippen LogP contribution in [0.15, 0.2) is 48.5 Å². The standard InChI is InChI=1S/2C6H6O2.B2H2O3/c2*7-5-3-1-2-4-6(5)8;3-1-5-2-4/h2*1-4,7-8H;3-4H. The van der Waals surface area contributed by atoms with Gasteiger partial charge < -0.3 is 35.0 Å². The van der Waals surface area contributed by atoms with Crippen LogP contribution in [0.5, 0.6) is 23.0 Å². The highest BCUT2D eigenvalue weighted by Gasteiger charge is 1.91. The van der Waals surface area contributed by atoms with Crippen LogP contribution in [0.1, 0.15) is 0 Å². The third-order valence-corrected chi connectivity index (χ3v) is 1.89. The molecule has 2 radical (unpaired) electrons. The van der Waals surface area contributed by atoms with Gasteiger partial charge in [-0.05, 0) is 24.3 Å². The lowest BCUT2D eigenvalue weighted by molar-refractivity contribution is 0.404. The van der Waals surface area contributed by atoms with E-state index in [1.807, 2.05) is 0 Å². The molecule has 0 spiro atoms. The molecule has 0 aliphatic carbocycles. The number of para-hydroxylation sites is 4. The average molecular weight is 292 g/mol. The summed E-state index contributed by atoms with van der Waals surface area (Å²) in [4.78, 5) is 0. The summed E-state index contributed by atoms with van der Waals surface area (Å²) in [5.74, 6) is -0.306. The van der Waals surface area contributed by atoms with Crippen LogP contribution in [0.3, 0.4) is 0 Å². The van der Waals surface area contributed by atoms with Gasteiger partial charge in [0, 0.05) is 0 Å². The second kappa shape index (κ2) is 11.5. The van der Waals surface area contributed by atoms with Crippen molar-refractivity contribution in [1.29, 1.82) is 0 Å². The molecule has 0 aliphatic rings. The van der Waals surface area contributed by atoms with Crippen LogP contribution < -0.4 is 0 Å². The Kier molecular flexibility index (Phi) is 10.2. The first-order valence-electron chi connectivity index (χ1n) is 5.54. The molecule has 7 nitrogen and oxygen atoms in total. The van der Waals surface area contributed by atoms with Gasteiger partial charge in [0.25, 0.3) is 0 Å². The molecule has 9 heteroatoms. The van der Waals surface area contributed by atoms with E-state index >= 15 is 0 Å². The first-order chi connectivity index (χ1) is 10.0. The number of hydrogen-bond acceptors (Lipinski definition) is 7. The van der Waals surface area contributed by atoms with Crippen LogP contribution in [-0.2, 0) is 4.57 Å². The second-order valence-corrected chi connectivity index (χ2v) is 3.32. The maximum Gasteiger partial charge on any atom is 0.469 e. The van der Waals surface area contributed by atoms with Gasteiger partial charge in [-0.15, -0.1) is 0 Å². The molecule has 2 rings (SSSR count). The first kappa shape index (κ1) is 18.6. The molecule has 0 amide bonds. The highest BCUT2D eigenvalue weighted by molar-refractivity contribution is 6.32. The van der Waals surface area contributed by atoms with E-state index < -0.39 is 0 Å². The zero-order valence-corrected chi connectivity index (χ0v) is 10.9. The molecule has 0 aromatic heterocycles. The maximum atomic E-state index is 8.67. The number of benzene rings is 2. The first-order valence-corrected chi connectivity index (χ1v) is 5.54. The van der Waals surface area contributed by atoms with Crippen molar-refractivity contribution >= 4 is 15.4 Å². The van der Waals surface area contributed by atoms with Crippen molar-refractivity contribution in [3.8, 4) is 23.0 Å². The molecule has 0 fully saturated rings. The largest absolute Gasteiger partial charge is 0.504 e. The Hall–Kier alpha value is -2.35. The van der Waals surface area contributed by atoms with Crippen LogP contribution in [0.2, 0.25) is 0 Å². The molecule has 0 aliphatic heterocycles. The molecular formula is C12H14B2O7. The number of hydrogen-bond donors (Lipinski definition) is 6. The fraction of sp³-hybridized carbons (Fsp3) is 0. The van der Waals surface area contributed by atoms with Crippen molar-refractivity contribution in [2.24, 2.45) is 0 Å². The summed E-state index contributed by atoms with van der Waals surface area (Å²) in [6.45, 7) is 0. The molecule has 0 unspecified atom stereocenters. The molecule has 21 heavy (non-hydrogen) atoms. The normalized spacial score (nSPS) is 8.48. The van der Waals surface area contributed by atoms with E-state index in [0.29, 0.717) is 15.4 Å². The highest BCUT2D eigenvalue weighted by Crippen LogP contribution is 2.21. The molecule has 2 aromatic rings. The Morgan fingerprint density at radius 2 is 0.810 bits per heavy atom. The Morgan fingerprint density at radius 1 is 0.571 bits per heavy atom. The van der Waals surface area contributed by atoms with Crippen molar-refractivity contribution < 1.29 is 35.0 Å². The van der Waals surface area contributed by atoms with Crippen LogP contribution in [0.4, 0.5) is 0 Å².